The summed E-state index contributed by atoms with van der Waals surface area (Å²) in [5.74, 6) is 0.522. The Morgan fingerprint density at radius 2 is 2.11 bits per heavy atom. The summed E-state index contributed by atoms with van der Waals surface area (Å²) in [4.78, 5) is 0. The van der Waals surface area contributed by atoms with Crippen LogP contribution >= 0.6 is 0 Å². The van der Waals surface area contributed by atoms with Gasteiger partial charge in [-0.25, -0.2) is 4.39 Å². The van der Waals surface area contributed by atoms with E-state index in [1.807, 2.05) is 13.8 Å². The zero-order valence-electron chi connectivity index (χ0n) is 10.7. The topological polar surface area (TPSA) is 61.7 Å². The summed E-state index contributed by atoms with van der Waals surface area (Å²) in [7, 11) is 0. The van der Waals surface area contributed by atoms with Gasteiger partial charge in [-0.15, -0.1) is 0 Å². The Morgan fingerprint density at radius 3 is 2.72 bits per heavy atom. The average Bonchev–Trinajstić information content (AvgIpc) is 2.34. The normalized spacial score (nSPS) is 12.6. The molecule has 0 fully saturated rings. The summed E-state index contributed by atoms with van der Waals surface area (Å²) in [6.45, 7) is 4.36. The molecule has 1 aromatic rings. The number of hydrogen-bond acceptors (Lipinski definition) is 4. The Bertz CT molecular complexity index is 371. The largest absolute Gasteiger partial charge is 0.491 e. The van der Waals surface area contributed by atoms with Crippen molar-refractivity contribution in [3.8, 4) is 5.75 Å². The van der Waals surface area contributed by atoms with E-state index in [0.717, 1.165) is 0 Å². The number of ether oxygens (including phenoxy) is 1. The third-order valence-corrected chi connectivity index (χ3v) is 2.25. The first kappa shape index (κ1) is 14.7. The molecule has 0 aromatic heterocycles. The molecule has 1 aromatic carbocycles. The van der Waals surface area contributed by atoms with Crippen LogP contribution in [0, 0.1) is 11.7 Å². The molecule has 0 spiro atoms. The number of aliphatic hydroxyl groups excluding tert-OH is 2. The van der Waals surface area contributed by atoms with Crippen LogP contribution in [-0.2, 0) is 0 Å². The van der Waals surface area contributed by atoms with Crippen molar-refractivity contribution >= 4 is 5.69 Å². The second-order valence-electron chi connectivity index (χ2n) is 4.56. The zero-order valence-corrected chi connectivity index (χ0v) is 10.7. The van der Waals surface area contributed by atoms with Crippen molar-refractivity contribution in [1.29, 1.82) is 0 Å². The number of rotatable bonds is 7. The van der Waals surface area contributed by atoms with Crippen LogP contribution in [0.4, 0.5) is 10.1 Å². The number of benzene rings is 1. The average molecular weight is 257 g/mol. The highest BCUT2D eigenvalue weighted by Gasteiger charge is 2.08. The van der Waals surface area contributed by atoms with Crippen LogP contribution in [0.5, 0.6) is 5.75 Å². The summed E-state index contributed by atoms with van der Waals surface area (Å²) >= 11 is 0. The van der Waals surface area contributed by atoms with Gasteiger partial charge in [0.15, 0.2) is 0 Å². The van der Waals surface area contributed by atoms with Crippen molar-refractivity contribution in [1.82, 2.24) is 0 Å². The lowest BCUT2D eigenvalue weighted by Gasteiger charge is -2.16. The molecule has 0 amide bonds. The number of nitrogens with one attached hydrogen (secondary N) is 1. The van der Waals surface area contributed by atoms with Crippen LogP contribution in [-0.4, -0.2) is 36.1 Å². The number of anilines is 1. The molecule has 1 atom stereocenters. The van der Waals surface area contributed by atoms with Crippen LogP contribution in [0.2, 0.25) is 0 Å². The van der Waals surface area contributed by atoms with Gasteiger partial charge in [0.1, 0.15) is 11.6 Å². The molecule has 1 unspecified atom stereocenters. The summed E-state index contributed by atoms with van der Waals surface area (Å²) in [5.41, 5.74) is 0.475. The minimum atomic E-state index is -0.883. The van der Waals surface area contributed by atoms with Crippen LogP contribution in [0.3, 0.4) is 0 Å². The minimum Gasteiger partial charge on any atom is -0.491 e. The van der Waals surface area contributed by atoms with E-state index in [0.29, 0.717) is 24.0 Å². The van der Waals surface area contributed by atoms with Gasteiger partial charge in [0.05, 0.1) is 25.0 Å². The number of halogens is 1. The fourth-order valence-corrected chi connectivity index (χ4v) is 1.31. The smallest absolute Gasteiger partial charge is 0.142 e. The Labute approximate surface area is 106 Å². The van der Waals surface area contributed by atoms with E-state index in [2.05, 4.69) is 5.32 Å². The Kier molecular flexibility index (Phi) is 5.88. The molecule has 0 heterocycles. The molecule has 0 saturated heterocycles. The minimum absolute atomic E-state index is 0.137. The van der Waals surface area contributed by atoms with E-state index in [4.69, 9.17) is 9.84 Å². The van der Waals surface area contributed by atoms with Gasteiger partial charge in [-0.05, 0) is 18.1 Å². The van der Waals surface area contributed by atoms with Gasteiger partial charge in [0.25, 0.3) is 0 Å². The molecule has 0 aliphatic rings. The molecule has 0 radical (unpaired) electrons. The standard InChI is InChI=1S/C13H20FNO3/c1-9(2)8-18-13-4-3-10(14)5-12(13)15-6-11(17)7-16/h3-5,9,11,15-17H,6-8H2,1-2H3. The fraction of sp³-hybridized carbons (Fsp3) is 0.538. The Hall–Kier alpha value is -1.33. The molecule has 4 nitrogen and oxygen atoms in total. The van der Waals surface area contributed by atoms with Crippen molar-refractivity contribution in [2.45, 2.75) is 20.0 Å². The highest BCUT2D eigenvalue weighted by atomic mass is 19.1. The zero-order chi connectivity index (χ0) is 13.5. The molecule has 0 aliphatic carbocycles. The molecule has 5 heteroatoms. The van der Waals surface area contributed by atoms with E-state index in [-0.39, 0.29) is 19.0 Å². The van der Waals surface area contributed by atoms with Gasteiger partial charge < -0.3 is 20.3 Å². The second kappa shape index (κ2) is 7.18. The van der Waals surface area contributed by atoms with Crippen LogP contribution in [0.1, 0.15) is 13.8 Å². The van der Waals surface area contributed by atoms with E-state index in [1.54, 1.807) is 6.07 Å². The van der Waals surface area contributed by atoms with Crippen molar-refractivity contribution in [2.75, 3.05) is 25.1 Å². The van der Waals surface area contributed by atoms with Gasteiger partial charge in [0, 0.05) is 12.6 Å². The van der Waals surface area contributed by atoms with Crippen LogP contribution < -0.4 is 10.1 Å². The molecular formula is C13H20FNO3. The first-order valence-electron chi connectivity index (χ1n) is 5.98. The lowest BCUT2D eigenvalue weighted by molar-refractivity contribution is 0.105. The Balaban J connectivity index is 2.70. The maximum Gasteiger partial charge on any atom is 0.142 e. The third kappa shape index (κ3) is 4.89. The lowest BCUT2D eigenvalue weighted by Crippen LogP contribution is -2.23. The third-order valence-electron chi connectivity index (χ3n) is 2.25. The molecular weight excluding hydrogens is 237 g/mol. The predicted molar refractivity (Wildman–Crippen MR) is 68.3 cm³/mol. The summed E-state index contributed by atoms with van der Waals surface area (Å²) in [5, 5.41) is 20.8. The van der Waals surface area contributed by atoms with Crippen molar-refractivity contribution in [3.05, 3.63) is 24.0 Å². The fourth-order valence-electron chi connectivity index (χ4n) is 1.31. The second-order valence-corrected chi connectivity index (χ2v) is 4.56. The molecule has 0 saturated carbocycles. The Morgan fingerprint density at radius 1 is 1.39 bits per heavy atom. The van der Waals surface area contributed by atoms with E-state index in [1.165, 1.54) is 12.1 Å². The molecule has 18 heavy (non-hydrogen) atoms. The first-order valence-corrected chi connectivity index (χ1v) is 5.98. The van der Waals surface area contributed by atoms with Crippen molar-refractivity contribution in [2.24, 2.45) is 5.92 Å². The quantitative estimate of drug-likeness (QED) is 0.694. The molecule has 0 aliphatic heterocycles. The highest BCUT2D eigenvalue weighted by Crippen LogP contribution is 2.25. The van der Waals surface area contributed by atoms with Gasteiger partial charge in [0.2, 0.25) is 0 Å². The van der Waals surface area contributed by atoms with Crippen molar-refractivity contribution < 1.29 is 19.3 Å². The summed E-state index contributed by atoms with van der Waals surface area (Å²) in [6, 6.07) is 4.18. The molecule has 3 N–H and O–H groups in total. The van der Waals surface area contributed by atoms with Crippen molar-refractivity contribution in [3.63, 3.8) is 0 Å². The first-order chi connectivity index (χ1) is 8.52. The lowest BCUT2D eigenvalue weighted by atomic mass is 10.2. The maximum atomic E-state index is 13.1. The predicted octanol–water partition coefficient (Wildman–Crippen LogP) is 1.63. The van der Waals surface area contributed by atoms with E-state index >= 15 is 0 Å². The van der Waals surface area contributed by atoms with E-state index < -0.39 is 6.10 Å². The van der Waals surface area contributed by atoms with Crippen LogP contribution in [0.25, 0.3) is 0 Å². The maximum absolute atomic E-state index is 13.1. The number of hydrogen-bond donors (Lipinski definition) is 3. The van der Waals surface area contributed by atoms with Gasteiger partial charge in [-0.3, -0.25) is 0 Å². The molecule has 102 valence electrons. The van der Waals surface area contributed by atoms with Crippen LogP contribution in [0.15, 0.2) is 18.2 Å². The van der Waals surface area contributed by atoms with E-state index in [9.17, 15) is 9.50 Å². The van der Waals surface area contributed by atoms with Gasteiger partial charge >= 0.3 is 0 Å². The SMILES string of the molecule is CC(C)COc1ccc(F)cc1NCC(O)CO. The van der Waals surface area contributed by atoms with Gasteiger partial charge in [-0.2, -0.15) is 0 Å². The monoisotopic (exact) mass is 257 g/mol. The van der Waals surface area contributed by atoms with Gasteiger partial charge in [-0.1, -0.05) is 13.8 Å². The molecule has 1 rings (SSSR count). The molecule has 0 bridgehead atoms. The number of aliphatic hydroxyl groups is 2. The summed E-state index contributed by atoms with van der Waals surface area (Å²) in [6.07, 6.45) is -0.883. The highest BCUT2D eigenvalue weighted by molar-refractivity contribution is 5.56. The summed E-state index contributed by atoms with van der Waals surface area (Å²) < 4.78 is 18.7.